The number of halogens is 1. The Bertz CT molecular complexity index is 1340. The van der Waals surface area contributed by atoms with Crippen molar-refractivity contribution in [2.24, 2.45) is 0 Å². The molecule has 1 aliphatic heterocycles. The minimum atomic E-state index is -0.343. The molecule has 4 heterocycles. The van der Waals surface area contributed by atoms with Gasteiger partial charge < -0.3 is 9.64 Å². The van der Waals surface area contributed by atoms with Crippen molar-refractivity contribution < 1.29 is 13.9 Å². The molecule has 1 unspecified atom stereocenters. The Balaban J connectivity index is 1.39. The number of fused-ring (bicyclic) bond motifs is 1. The number of pyridine rings is 1. The topological polar surface area (TPSA) is 72.6 Å². The Labute approximate surface area is 190 Å². The molecule has 1 aliphatic rings. The second-order valence-electron chi connectivity index (χ2n) is 8.34. The van der Waals surface area contributed by atoms with Gasteiger partial charge in [0.25, 0.3) is 5.91 Å². The molecule has 0 bridgehead atoms. The first-order valence-corrected chi connectivity index (χ1v) is 10.9. The first kappa shape index (κ1) is 21.2. The summed E-state index contributed by atoms with van der Waals surface area (Å²) in [5.41, 5.74) is 5.43. The zero-order valence-electron chi connectivity index (χ0n) is 18.5. The molecule has 4 aromatic rings. The number of morpholine rings is 1. The van der Waals surface area contributed by atoms with Crippen LogP contribution in [-0.2, 0) is 11.2 Å². The molecule has 168 valence electrons. The number of amides is 1. The monoisotopic (exact) mass is 445 g/mol. The summed E-state index contributed by atoms with van der Waals surface area (Å²) in [5, 5.41) is 4.26. The van der Waals surface area contributed by atoms with E-state index >= 15 is 0 Å². The quantitative estimate of drug-likeness (QED) is 0.479. The number of carbonyl (C=O) groups excluding carboxylic acids is 1. The van der Waals surface area contributed by atoms with E-state index in [9.17, 15) is 9.18 Å². The predicted molar refractivity (Wildman–Crippen MR) is 121 cm³/mol. The zero-order chi connectivity index (χ0) is 22.9. The van der Waals surface area contributed by atoms with Gasteiger partial charge in [0.15, 0.2) is 5.65 Å². The number of aromatic nitrogens is 4. The van der Waals surface area contributed by atoms with Gasteiger partial charge in [0.1, 0.15) is 17.6 Å². The largest absolute Gasteiger partial charge is 0.368 e. The van der Waals surface area contributed by atoms with Gasteiger partial charge in [-0.25, -0.2) is 13.9 Å². The summed E-state index contributed by atoms with van der Waals surface area (Å²) in [7, 11) is 0. The standard InChI is InChI=1S/C25H24FN5O2/c1-16-10-19(12-18-4-3-5-20(26)13-18)14-21(28-16)23-15-30(8-9-33-23)25(32)22-11-17(2)29-24-6-7-27-31(22)24/h3-7,10-11,13-14,23H,8-9,12,15H2,1-2H3. The second kappa shape index (κ2) is 8.71. The van der Waals surface area contributed by atoms with Gasteiger partial charge in [-0.05, 0) is 61.7 Å². The summed E-state index contributed by atoms with van der Waals surface area (Å²) in [4.78, 5) is 24.2. The predicted octanol–water partition coefficient (Wildman–Crippen LogP) is 3.68. The normalized spacial score (nSPS) is 16.3. The molecule has 33 heavy (non-hydrogen) atoms. The third-order valence-corrected chi connectivity index (χ3v) is 5.72. The van der Waals surface area contributed by atoms with Gasteiger partial charge in [-0.3, -0.25) is 9.78 Å². The summed E-state index contributed by atoms with van der Waals surface area (Å²) < 4.78 is 21.2. The van der Waals surface area contributed by atoms with Crippen LogP contribution >= 0.6 is 0 Å². The number of hydrogen-bond donors (Lipinski definition) is 0. The van der Waals surface area contributed by atoms with Crippen LogP contribution in [0.1, 0.15) is 44.8 Å². The number of hydrogen-bond acceptors (Lipinski definition) is 5. The zero-order valence-corrected chi connectivity index (χ0v) is 18.5. The molecular formula is C25H24FN5O2. The maximum atomic E-state index is 13.6. The molecule has 1 aromatic carbocycles. The van der Waals surface area contributed by atoms with E-state index in [1.54, 1.807) is 39.9 Å². The highest BCUT2D eigenvalue weighted by Crippen LogP contribution is 2.24. The molecule has 0 saturated carbocycles. The number of benzene rings is 1. The van der Waals surface area contributed by atoms with Crippen molar-refractivity contribution in [2.45, 2.75) is 26.4 Å². The third kappa shape index (κ3) is 4.47. The van der Waals surface area contributed by atoms with Gasteiger partial charge in [0.05, 0.1) is 25.0 Å². The van der Waals surface area contributed by atoms with E-state index in [0.29, 0.717) is 37.5 Å². The van der Waals surface area contributed by atoms with Gasteiger partial charge in [0, 0.05) is 24.0 Å². The fourth-order valence-corrected chi connectivity index (χ4v) is 4.28. The number of nitrogens with zero attached hydrogens (tertiary/aromatic N) is 5. The van der Waals surface area contributed by atoms with Crippen LogP contribution in [-0.4, -0.2) is 50.1 Å². The van der Waals surface area contributed by atoms with Gasteiger partial charge in [-0.2, -0.15) is 5.10 Å². The van der Waals surface area contributed by atoms with Crippen molar-refractivity contribution in [3.63, 3.8) is 0 Å². The molecule has 1 fully saturated rings. The van der Waals surface area contributed by atoms with E-state index in [4.69, 9.17) is 4.74 Å². The van der Waals surface area contributed by atoms with Crippen molar-refractivity contribution in [3.8, 4) is 0 Å². The highest BCUT2D eigenvalue weighted by Gasteiger charge is 2.29. The molecule has 0 aliphatic carbocycles. The molecule has 0 N–H and O–H groups in total. The van der Waals surface area contributed by atoms with Crippen LogP contribution < -0.4 is 0 Å². The lowest BCUT2D eigenvalue weighted by molar-refractivity contribution is -0.0250. The minimum Gasteiger partial charge on any atom is -0.368 e. The van der Waals surface area contributed by atoms with Crippen molar-refractivity contribution >= 4 is 11.6 Å². The van der Waals surface area contributed by atoms with Crippen LogP contribution in [0, 0.1) is 19.7 Å². The van der Waals surface area contributed by atoms with Crippen LogP contribution in [0.5, 0.6) is 0 Å². The number of rotatable bonds is 4. The fourth-order valence-electron chi connectivity index (χ4n) is 4.28. The van der Waals surface area contributed by atoms with Crippen LogP contribution in [0.4, 0.5) is 4.39 Å². The molecule has 3 aromatic heterocycles. The molecular weight excluding hydrogens is 421 g/mol. The van der Waals surface area contributed by atoms with Crippen LogP contribution in [0.2, 0.25) is 0 Å². The van der Waals surface area contributed by atoms with Gasteiger partial charge in [-0.1, -0.05) is 12.1 Å². The van der Waals surface area contributed by atoms with E-state index in [0.717, 1.165) is 28.2 Å². The molecule has 1 atom stereocenters. The Morgan fingerprint density at radius 1 is 1.09 bits per heavy atom. The van der Waals surface area contributed by atoms with E-state index in [2.05, 4.69) is 15.1 Å². The summed E-state index contributed by atoms with van der Waals surface area (Å²) in [6.07, 6.45) is 1.89. The Hall–Kier alpha value is -3.65. The Morgan fingerprint density at radius 2 is 1.94 bits per heavy atom. The number of ether oxygens (including phenoxy) is 1. The molecule has 1 saturated heterocycles. The highest BCUT2D eigenvalue weighted by molar-refractivity contribution is 5.93. The Morgan fingerprint density at radius 3 is 2.79 bits per heavy atom. The fraction of sp³-hybridized carbons (Fsp3) is 0.280. The lowest BCUT2D eigenvalue weighted by Crippen LogP contribution is -2.43. The maximum absolute atomic E-state index is 13.6. The SMILES string of the molecule is Cc1cc(Cc2cccc(F)c2)cc(C2CN(C(=O)c3cc(C)nc4ccnn34)CCO2)n1. The average Bonchev–Trinajstić information content (AvgIpc) is 3.26. The third-order valence-electron chi connectivity index (χ3n) is 5.72. The smallest absolute Gasteiger partial charge is 0.272 e. The van der Waals surface area contributed by atoms with E-state index < -0.39 is 0 Å². The summed E-state index contributed by atoms with van der Waals surface area (Å²) in [6, 6.07) is 14.1. The van der Waals surface area contributed by atoms with Crippen LogP contribution in [0.25, 0.3) is 5.65 Å². The number of carbonyl (C=O) groups is 1. The lowest BCUT2D eigenvalue weighted by atomic mass is 10.0. The van der Waals surface area contributed by atoms with Crippen molar-refractivity contribution in [1.29, 1.82) is 0 Å². The van der Waals surface area contributed by atoms with Crippen LogP contribution in [0.15, 0.2) is 54.7 Å². The first-order chi connectivity index (χ1) is 16.0. The molecule has 5 rings (SSSR count). The van der Waals surface area contributed by atoms with Crippen molar-refractivity contribution in [1.82, 2.24) is 24.5 Å². The number of aryl methyl sites for hydroxylation is 2. The molecule has 8 heteroatoms. The first-order valence-electron chi connectivity index (χ1n) is 10.9. The van der Waals surface area contributed by atoms with E-state index in [1.807, 2.05) is 32.0 Å². The second-order valence-corrected chi connectivity index (χ2v) is 8.34. The highest BCUT2D eigenvalue weighted by atomic mass is 19.1. The summed E-state index contributed by atoms with van der Waals surface area (Å²) in [6.45, 7) is 5.08. The average molecular weight is 445 g/mol. The molecule has 1 amide bonds. The summed E-state index contributed by atoms with van der Waals surface area (Å²) >= 11 is 0. The lowest BCUT2D eigenvalue weighted by Gasteiger charge is -2.33. The molecule has 0 radical (unpaired) electrons. The molecule has 0 spiro atoms. The van der Waals surface area contributed by atoms with Crippen molar-refractivity contribution in [2.75, 3.05) is 19.7 Å². The Kier molecular flexibility index (Phi) is 5.60. The maximum Gasteiger partial charge on any atom is 0.272 e. The van der Waals surface area contributed by atoms with Gasteiger partial charge in [-0.15, -0.1) is 0 Å². The van der Waals surface area contributed by atoms with E-state index in [-0.39, 0.29) is 17.8 Å². The van der Waals surface area contributed by atoms with Gasteiger partial charge in [0.2, 0.25) is 0 Å². The van der Waals surface area contributed by atoms with Crippen LogP contribution in [0.3, 0.4) is 0 Å². The minimum absolute atomic E-state index is 0.116. The molecule has 7 nitrogen and oxygen atoms in total. The van der Waals surface area contributed by atoms with Gasteiger partial charge >= 0.3 is 0 Å². The van der Waals surface area contributed by atoms with Crippen molar-refractivity contribution in [3.05, 3.63) is 94.4 Å². The van der Waals surface area contributed by atoms with E-state index in [1.165, 1.54) is 6.07 Å². The summed E-state index contributed by atoms with van der Waals surface area (Å²) in [5.74, 6) is -0.365.